The molecule has 0 bridgehead atoms. The first kappa shape index (κ1) is 15.9. The van der Waals surface area contributed by atoms with Gasteiger partial charge in [-0.3, -0.25) is 0 Å². The number of hydrogen-bond donors (Lipinski definition) is 1. The highest BCUT2D eigenvalue weighted by Gasteiger charge is 2.06. The Bertz CT molecular complexity index is 604. The fraction of sp³-hybridized carbons (Fsp3) is 0.333. The van der Waals surface area contributed by atoms with Gasteiger partial charge >= 0.3 is 0 Å². The number of hydrogen-bond acceptors (Lipinski definition) is 4. The fourth-order valence-electron chi connectivity index (χ4n) is 1.82. The van der Waals surface area contributed by atoms with Crippen LogP contribution in [0.5, 0.6) is 0 Å². The number of rotatable bonds is 6. The zero-order chi connectivity index (χ0) is 15.2. The van der Waals surface area contributed by atoms with Crippen LogP contribution in [0, 0.1) is 0 Å². The molecule has 0 spiro atoms. The van der Waals surface area contributed by atoms with E-state index in [9.17, 15) is 0 Å². The van der Waals surface area contributed by atoms with Gasteiger partial charge in [-0.25, -0.2) is 4.98 Å². The van der Waals surface area contributed by atoms with Crippen molar-refractivity contribution in [2.45, 2.75) is 19.8 Å². The second kappa shape index (κ2) is 7.48. The largest absolute Gasteiger partial charge is 0.344 e. The molecule has 2 rings (SSSR count). The lowest BCUT2D eigenvalue weighted by atomic mass is 10.3. The molecule has 1 heterocycles. The van der Waals surface area contributed by atoms with E-state index in [1.54, 1.807) is 18.3 Å². The second-order valence-electron chi connectivity index (χ2n) is 4.77. The van der Waals surface area contributed by atoms with Crippen molar-refractivity contribution in [3.8, 4) is 0 Å². The van der Waals surface area contributed by atoms with E-state index in [0.29, 0.717) is 16.0 Å². The van der Waals surface area contributed by atoms with Crippen LogP contribution in [0.25, 0.3) is 0 Å². The molecule has 1 aromatic heterocycles. The molecule has 0 aliphatic carbocycles. The average Bonchev–Trinajstić information content (AvgIpc) is 2.49. The maximum Gasteiger partial charge on any atom is 0.227 e. The highest BCUT2D eigenvalue weighted by Crippen LogP contribution is 2.26. The molecule has 6 heteroatoms. The van der Waals surface area contributed by atoms with Gasteiger partial charge in [-0.05, 0) is 30.7 Å². The average molecular weight is 325 g/mol. The minimum Gasteiger partial charge on any atom is -0.344 e. The van der Waals surface area contributed by atoms with Crippen molar-refractivity contribution >= 4 is 40.7 Å². The lowest BCUT2D eigenvalue weighted by Crippen LogP contribution is -2.21. The summed E-state index contributed by atoms with van der Waals surface area (Å²) < 4.78 is 0. The van der Waals surface area contributed by atoms with Gasteiger partial charge in [0.25, 0.3) is 0 Å². The predicted octanol–water partition coefficient (Wildman–Crippen LogP) is 4.76. The Kier molecular flexibility index (Phi) is 5.65. The lowest BCUT2D eigenvalue weighted by Gasteiger charge is -2.17. The highest BCUT2D eigenvalue weighted by atomic mass is 35.5. The summed E-state index contributed by atoms with van der Waals surface area (Å²) in [5, 5.41) is 4.24. The molecule has 1 N–H and O–H groups in total. The van der Waals surface area contributed by atoms with Crippen molar-refractivity contribution in [2.24, 2.45) is 0 Å². The third kappa shape index (κ3) is 4.48. The van der Waals surface area contributed by atoms with E-state index in [2.05, 4.69) is 22.2 Å². The van der Waals surface area contributed by atoms with E-state index in [0.717, 1.165) is 30.9 Å². The third-order valence-corrected chi connectivity index (χ3v) is 3.76. The molecule has 0 fully saturated rings. The molecule has 21 heavy (non-hydrogen) atoms. The molecule has 4 nitrogen and oxygen atoms in total. The first-order valence-electron chi connectivity index (χ1n) is 6.86. The molecule has 0 saturated carbocycles. The summed E-state index contributed by atoms with van der Waals surface area (Å²) in [7, 11) is 1.99. The van der Waals surface area contributed by atoms with Crippen LogP contribution in [0.4, 0.5) is 17.5 Å². The standard InChI is InChI=1S/C15H18Cl2N4/c1-3-4-9-21(2)15-18-8-7-14(20-15)19-11-5-6-12(16)13(17)10-11/h5-8,10H,3-4,9H2,1-2H3,(H,18,19,20). The molecular formula is C15H18Cl2N4. The first-order valence-corrected chi connectivity index (χ1v) is 7.62. The Morgan fingerprint density at radius 2 is 2.00 bits per heavy atom. The maximum atomic E-state index is 6.01. The normalized spacial score (nSPS) is 10.5. The molecule has 0 unspecified atom stereocenters. The van der Waals surface area contributed by atoms with Crippen molar-refractivity contribution in [1.82, 2.24) is 9.97 Å². The van der Waals surface area contributed by atoms with Gasteiger partial charge in [0.15, 0.2) is 0 Å². The fourth-order valence-corrected chi connectivity index (χ4v) is 2.12. The van der Waals surface area contributed by atoms with Crippen molar-refractivity contribution in [3.05, 3.63) is 40.5 Å². The summed E-state index contributed by atoms with van der Waals surface area (Å²) in [5.41, 5.74) is 0.838. The molecule has 0 saturated heterocycles. The van der Waals surface area contributed by atoms with E-state index in [4.69, 9.17) is 23.2 Å². The molecular weight excluding hydrogens is 307 g/mol. The monoisotopic (exact) mass is 324 g/mol. The molecule has 2 aromatic rings. The van der Waals surface area contributed by atoms with Gasteiger partial charge in [-0.2, -0.15) is 4.98 Å². The van der Waals surface area contributed by atoms with E-state index >= 15 is 0 Å². The summed E-state index contributed by atoms with van der Waals surface area (Å²) in [4.78, 5) is 10.8. The van der Waals surface area contributed by atoms with Crippen LogP contribution in [0.3, 0.4) is 0 Å². The van der Waals surface area contributed by atoms with Gasteiger partial charge in [0.05, 0.1) is 10.0 Å². The zero-order valence-corrected chi connectivity index (χ0v) is 13.6. The Balaban J connectivity index is 2.11. The van der Waals surface area contributed by atoms with Crippen LogP contribution in [0.2, 0.25) is 10.0 Å². The molecule has 1 aromatic carbocycles. The Hall–Kier alpha value is -1.52. The van der Waals surface area contributed by atoms with E-state index in [1.165, 1.54) is 0 Å². The van der Waals surface area contributed by atoms with Crippen molar-refractivity contribution in [3.63, 3.8) is 0 Å². The maximum absolute atomic E-state index is 6.01. The van der Waals surface area contributed by atoms with Crippen LogP contribution < -0.4 is 10.2 Å². The molecule has 112 valence electrons. The second-order valence-corrected chi connectivity index (χ2v) is 5.59. The predicted molar refractivity (Wildman–Crippen MR) is 90.0 cm³/mol. The molecule has 0 amide bonds. The quantitative estimate of drug-likeness (QED) is 0.831. The Morgan fingerprint density at radius 1 is 1.19 bits per heavy atom. The zero-order valence-electron chi connectivity index (χ0n) is 12.1. The van der Waals surface area contributed by atoms with Gasteiger partial charge in [-0.15, -0.1) is 0 Å². The summed E-state index contributed by atoms with van der Waals surface area (Å²) in [6, 6.07) is 7.20. The molecule has 0 aliphatic heterocycles. The molecule has 0 atom stereocenters. The smallest absolute Gasteiger partial charge is 0.227 e. The first-order chi connectivity index (χ1) is 10.1. The van der Waals surface area contributed by atoms with Crippen molar-refractivity contribution in [1.29, 1.82) is 0 Å². The number of halogens is 2. The minimum absolute atomic E-state index is 0.510. The van der Waals surface area contributed by atoms with Gasteiger partial charge in [0.1, 0.15) is 5.82 Å². The molecule has 0 aliphatic rings. The van der Waals surface area contributed by atoms with E-state index in [1.807, 2.05) is 24.1 Å². The third-order valence-electron chi connectivity index (χ3n) is 3.02. The SMILES string of the molecule is CCCCN(C)c1nccc(Nc2ccc(Cl)c(Cl)c2)n1. The van der Waals surface area contributed by atoms with Crippen LogP contribution >= 0.6 is 23.2 Å². The summed E-state index contributed by atoms with van der Waals surface area (Å²) in [6.45, 7) is 3.10. The number of anilines is 3. The minimum atomic E-state index is 0.510. The van der Waals surface area contributed by atoms with Gasteiger partial charge < -0.3 is 10.2 Å². The van der Waals surface area contributed by atoms with E-state index < -0.39 is 0 Å². The number of nitrogens with one attached hydrogen (secondary N) is 1. The summed E-state index contributed by atoms with van der Waals surface area (Å²) in [5.74, 6) is 1.43. The van der Waals surface area contributed by atoms with Gasteiger partial charge in [-0.1, -0.05) is 36.5 Å². The highest BCUT2D eigenvalue weighted by molar-refractivity contribution is 6.42. The van der Waals surface area contributed by atoms with Gasteiger partial charge in [0, 0.05) is 25.5 Å². The number of aromatic nitrogens is 2. The Morgan fingerprint density at radius 3 is 2.71 bits per heavy atom. The van der Waals surface area contributed by atoms with Crippen LogP contribution in [0.15, 0.2) is 30.5 Å². The Labute approximate surface area is 135 Å². The number of unbranched alkanes of at least 4 members (excludes halogenated alkanes) is 1. The van der Waals surface area contributed by atoms with Crippen molar-refractivity contribution < 1.29 is 0 Å². The molecule has 0 radical (unpaired) electrons. The van der Waals surface area contributed by atoms with Crippen molar-refractivity contribution in [2.75, 3.05) is 23.8 Å². The van der Waals surface area contributed by atoms with Crippen LogP contribution in [-0.2, 0) is 0 Å². The number of benzene rings is 1. The van der Waals surface area contributed by atoms with Crippen LogP contribution in [0.1, 0.15) is 19.8 Å². The summed E-state index contributed by atoms with van der Waals surface area (Å²) in [6.07, 6.45) is 4.00. The van der Waals surface area contributed by atoms with Gasteiger partial charge in [0.2, 0.25) is 5.95 Å². The number of nitrogens with zero attached hydrogens (tertiary/aromatic N) is 3. The van der Waals surface area contributed by atoms with Crippen LogP contribution in [-0.4, -0.2) is 23.6 Å². The summed E-state index contributed by atoms with van der Waals surface area (Å²) >= 11 is 11.9. The van der Waals surface area contributed by atoms with E-state index in [-0.39, 0.29) is 0 Å². The lowest BCUT2D eigenvalue weighted by molar-refractivity contribution is 0.750. The topological polar surface area (TPSA) is 41.1 Å².